The van der Waals surface area contributed by atoms with E-state index in [4.69, 9.17) is 0 Å². The Morgan fingerprint density at radius 2 is 0.283 bits per heavy atom. The molecule has 0 atom stereocenters. The molecule has 25 aromatic carbocycles. The lowest BCUT2D eigenvalue weighted by molar-refractivity contribution is 1.02. The summed E-state index contributed by atoms with van der Waals surface area (Å²) < 4.78 is 14.0. The zero-order valence-corrected chi connectivity index (χ0v) is 83.2. The van der Waals surface area contributed by atoms with Crippen molar-refractivity contribution in [2.75, 3.05) is 0 Å². The Kier molecular flexibility index (Phi) is 20.9. The van der Waals surface area contributed by atoms with E-state index in [1.807, 2.05) is 30.3 Å². The Morgan fingerprint density at radius 3 is 0.503 bits per heavy atom. The van der Waals surface area contributed by atoms with Crippen LogP contribution in [0.5, 0.6) is 0 Å². The molecular weight excluding hydrogens is 1750 g/mol. The number of aromatic nitrogens is 6. The SMILES string of the molecule is Cc1ccc2c3ccc4c5ccccc5ccc4c3n(C)c2c1.Cc1ccc2c3ccc4c5ccccc5ccc4c3n(C)c2c1.Cc1ccc2c3ccc4c5ccccc5ccc4c3n(C)c2c1.Cc1ccc2c3ccc4c5ccccc5ccc4c3n(C)c2c1.Cc1ccc2c3ccc4c5ccccc5ccc4c3n(C)c2c1.Cn1c2cc(C#Cc3ccccc3)ccc2c2ccc3c4ccccc4ccc3c21. The van der Waals surface area contributed by atoms with Gasteiger partial charge in [-0.05, 0) is 214 Å². The van der Waals surface area contributed by atoms with Crippen LogP contribution < -0.4 is 0 Å². The van der Waals surface area contributed by atoms with Crippen molar-refractivity contribution >= 4 is 260 Å². The van der Waals surface area contributed by atoms with Crippen LogP contribution in [0.15, 0.2) is 431 Å². The molecule has 31 rings (SSSR count). The predicted octanol–water partition coefficient (Wildman–Crippen LogP) is 36.8. The van der Waals surface area contributed by atoms with Crippen molar-refractivity contribution < 1.29 is 0 Å². The summed E-state index contributed by atoms with van der Waals surface area (Å²) in [4.78, 5) is 0. The maximum atomic E-state index is 3.32. The normalized spacial score (nSPS) is 11.8. The topological polar surface area (TPSA) is 29.6 Å². The number of benzene rings is 25. The lowest BCUT2D eigenvalue weighted by atomic mass is 9.99. The first kappa shape index (κ1) is 87.3. The third-order valence-corrected chi connectivity index (χ3v) is 31.2. The molecule has 6 heteroatoms. The van der Waals surface area contributed by atoms with Gasteiger partial charge in [-0.1, -0.05) is 388 Å². The minimum absolute atomic E-state index is 1.03. The summed E-state index contributed by atoms with van der Waals surface area (Å²) in [5.41, 5.74) is 24.2. The van der Waals surface area contributed by atoms with Crippen LogP contribution in [0, 0.1) is 46.5 Å². The third-order valence-electron chi connectivity index (χ3n) is 31.2. The van der Waals surface area contributed by atoms with Crippen molar-refractivity contribution in [1.82, 2.24) is 27.4 Å². The average molecular weight is 1860 g/mol. The van der Waals surface area contributed by atoms with E-state index in [2.05, 4.69) is 517 Å². The van der Waals surface area contributed by atoms with E-state index in [0.717, 1.165) is 11.1 Å². The minimum Gasteiger partial charge on any atom is -0.343 e. The molecule has 0 aliphatic carbocycles. The summed E-state index contributed by atoms with van der Waals surface area (Å²) in [6.45, 7) is 10.8. The van der Waals surface area contributed by atoms with Gasteiger partial charge in [0.15, 0.2) is 0 Å². The van der Waals surface area contributed by atoms with Gasteiger partial charge in [-0.25, -0.2) is 0 Å². The average Bonchev–Trinajstić information content (AvgIpc) is 1.61. The lowest BCUT2D eigenvalue weighted by Gasteiger charge is -2.07. The van der Waals surface area contributed by atoms with E-state index in [1.165, 1.54) is 288 Å². The lowest BCUT2D eigenvalue weighted by Crippen LogP contribution is -1.89. The summed E-state index contributed by atoms with van der Waals surface area (Å²) >= 11 is 0. The van der Waals surface area contributed by atoms with Crippen LogP contribution in [-0.4, -0.2) is 27.4 Å². The molecule has 0 bridgehead atoms. The van der Waals surface area contributed by atoms with Crippen LogP contribution in [0.1, 0.15) is 38.9 Å². The largest absolute Gasteiger partial charge is 0.343 e. The second kappa shape index (κ2) is 34.7. The van der Waals surface area contributed by atoms with Crippen molar-refractivity contribution in [3.05, 3.63) is 470 Å². The standard InChI is InChI=1S/C29H19N.5C22H17N/c1-30-28-19-21(12-11-20-7-3-2-4-8-20)13-15-25(28)27-18-17-24-23-10-6-5-9-22(23)14-16-26(24)29(27)30;5*1-14-7-9-18-20-12-11-17-16-6-4-3-5-15(16)8-10-19(17)22(20)23(2)21(18)13-14/h2-10,13-19H,1H3;5*3-13H,1-2H3. The smallest absolute Gasteiger partial charge is 0.0568 e. The zero-order valence-electron chi connectivity index (χ0n) is 83.2. The monoisotopic (exact) mass is 1860 g/mol. The molecule has 31 aromatic rings. The quantitative estimate of drug-likeness (QED) is 0.107. The summed E-state index contributed by atoms with van der Waals surface area (Å²) in [7, 11) is 13.1. The van der Waals surface area contributed by atoms with E-state index >= 15 is 0 Å². The van der Waals surface area contributed by atoms with Gasteiger partial charge in [0.2, 0.25) is 0 Å². The van der Waals surface area contributed by atoms with E-state index < -0.39 is 0 Å². The maximum absolute atomic E-state index is 3.32. The Morgan fingerprint density at radius 1 is 0.124 bits per heavy atom. The predicted molar refractivity (Wildman–Crippen MR) is 629 cm³/mol. The minimum atomic E-state index is 1.03. The van der Waals surface area contributed by atoms with E-state index in [1.54, 1.807) is 0 Å². The highest BCUT2D eigenvalue weighted by Gasteiger charge is 2.22. The molecule has 0 amide bonds. The molecule has 0 aliphatic rings. The highest BCUT2D eigenvalue weighted by Crippen LogP contribution is 2.46. The summed E-state index contributed by atoms with van der Waals surface area (Å²) in [5, 5.41) is 47.6. The van der Waals surface area contributed by atoms with E-state index in [0.29, 0.717) is 0 Å². The molecule has 6 heterocycles. The number of hydrogen-bond acceptors (Lipinski definition) is 0. The summed E-state index contributed by atoms with van der Waals surface area (Å²) in [5.74, 6) is 6.59. The fourth-order valence-electron chi connectivity index (χ4n) is 24.1. The van der Waals surface area contributed by atoms with Gasteiger partial charge in [0.05, 0.1) is 38.6 Å². The van der Waals surface area contributed by atoms with E-state index in [9.17, 15) is 0 Å². The van der Waals surface area contributed by atoms with E-state index in [-0.39, 0.29) is 0 Å². The fourth-order valence-corrected chi connectivity index (χ4v) is 24.1. The van der Waals surface area contributed by atoms with Crippen molar-refractivity contribution in [3.63, 3.8) is 0 Å². The first-order valence-corrected chi connectivity index (χ1v) is 50.3. The van der Waals surface area contributed by atoms with Gasteiger partial charge in [-0.2, -0.15) is 0 Å². The molecule has 0 saturated carbocycles. The Hall–Kier alpha value is -18.0. The van der Waals surface area contributed by atoms with Crippen LogP contribution in [0.4, 0.5) is 0 Å². The fraction of sp³-hybridized carbons (Fsp3) is 0.0791. The van der Waals surface area contributed by atoms with Crippen LogP contribution in [0.3, 0.4) is 0 Å². The highest BCUT2D eigenvalue weighted by atomic mass is 15.0. The molecule has 0 aliphatic heterocycles. The zero-order chi connectivity index (χ0) is 97.8. The molecule has 0 unspecified atom stereocenters. The third kappa shape index (κ3) is 14.4. The van der Waals surface area contributed by atoms with Crippen molar-refractivity contribution in [3.8, 4) is 11.8 Å². The molecule has 6 aromatic heterocycles. The van der Waals surface area contributed by atoms with Gasteiger partial charge >= 0.3 is 0 Å². The number of nitrogens with zero attached hydrogens (tertiary/aromatic N) is 6. The van der Waals surface area contributed by atoms with Crippen LogP contribution in [0.25, 0.3) is 260 Å². The summed E-state index contributed by atoms with van der Waals surface area (Å²) in [6, 6.07) is 156. The highest BCUT2D eigenvalue weighted by molar-refractivity contribution is 6.29. The second-order valence-corrected chi connectivity index (χ2v) is 39.9. The molecule has 0 radical (unpaired) electrons. The van der Waals surface area contributed by atoms with Gasteiger partial charge < -0.3 is 27.4 Å². The van der Waals surface area contributed by atoms with Gasteiger partial charge in [0.25, 0.3) is 0 Å². The number of hydrogen-bond donors (Lipinski definition) is 0. The molecule has 0 spiro atoms. The molecular formula is C139H104N6. The van der Waals surface area contributed by atoms with Crippen molar-refractivity contribution in [1.29, 1.82) is 0 Å². The Balaban J connectivity index is 0.0000000888. The molecule has 0 fully saturated rings. The molecule has 145 heavy (non-hydrogen) atoms. The van der Waals surface area contributed by atoms with Crippen LogP contribution in [-0.2, 0) is 42.3 Å². The molecule has 6 nitrogen and oxygen atoms in total. The van der Waals surface area contributed by atoms with Gasteiger partial charge in [-0.3, -0.25) is 0 Å². The molecule has 0 saturated heterocycles. The number of fused-ring (bicyclic) bond motifs is 42. The second-order valence-electron chi connectivity index (χ2n) is 39.9. The Labute approximate surface area is 839 Å². The van der Waals surface area contributed by atoms with Crippen molar-refractivity contribution in [2.24, 2.45) is 42.3 Å². The van der Waals surface area contributed by atoms with Gasteiger partial charge in [-0.15, -0.1) is 0 Å². The first-order valence-electron chi connectivity index (χ1n) is 50.3. The van der Waals surface area contributed by atoms with Gasteiger partial charge in [0, 0.05) is 178 Å². The Bertz CT molecular complexity index is 9810. The van der Waals surface area contributed by atoms with Crippen molar-refractivity contribution in [2.45, 2.75) is 34.6 Å². The molecule has 690 valence electrons. The van der Waals surface area contributed by atoms with Crippen LogP contribution in [0.2, 0.25) is 0 Å². The number of rotatable bonds is 0. The molecule has 0 N–H and O–H groups in total. The summed E-state index contributed by atoms with van der Waals surface area (Å²) in [6.07, 6.45) is 0. The maximum Gasteiger partial charge on any atom is 0.0568 e. The van der Waals surface area contributed by atoms with Crippen LogP contribution >= 0.6 is 0 Å². The van der Waals surface area contributed by atoms with Gasteiger partial charge in [0.1, 0.15) is 0 Å². The first-order chi connectivity index (χ1) is 71.0. The number of aryl methyl sites for hydroxylation is 11.